The second-order valence-electron chi connectivity index (χ2n) is 24.6. The van der Waals surface area contributed by atoms with Crippen molar-refractivity contribution in [1.29, 1.82) is 0 Å². The highest BCUT2D eigenvalue weighted by atomic mass is 16.8. The van der Waals surface area contributed by atoms with Crippen molar-refractivity contribution in [2.75, 3.05) is 26.4 Å². The molecule has 0 aromatic heterocycles. The largest absolute Gasteiger partial charge is 0.394 e. The summed E-state index contributed by atoms with van der Waals surface area (Å²) < 4.78 is 34.1. The molecule has 89 heavy (non-hydrogen) atoms. The number of amides is 1. The van der Waals surface area contributed by atoms with E-state index in [4.69, 9.17) is 28.4 Å². The van der Waals surface area contributed by atoms with E-state index in [-0.39, 0.29) is 18.9 Å². The van der Waals surface area contributed by atoms with E-state index in [0.29, 0.717) is 6.42 Å². The molecule has 0 aliphatic carbocycles. The molecule has 3 rings (SSSR count). The van der Waals surface area contributed by atoms with Crippen LogP contribution in [0.15, 0.2) is 72.9 Å². The lowest BCUT2D eigenvalue weighted by atomic mass is 9.96. The van der Waals surface area contributed by atoms with E-state index in [0.717, 1.165) is 77.0 Å². The second-order valence-corrected chi connectivity index (χ2v) is 24.6. The Kier molecular flexibility index (Phi) is 46.7. The molecule has 17 atom stereocenters. The Bertz CT molecular complexity index is 1900. The van der Waals surface area contributed by atoms with Crippen molar-refractivity contribution in [3.05, 3.63) is 72.9 Å². The smallest absolute Gasteiger partial charge is 0.220 e. The molecule has 3 aliphatic heterocycles. The normalized spacial score (nSPS) is 28.7. The molecule has 3 heterocycles. The first kappa shape index (κ1) is 80.5. The zero-order chi connectivity index (χ0) is 64.7. The maximum Gasteiger partial charge on any atom is 0.220 e. The molecule has 19 nitrogen and oxygen atoms in total. The van der Waals surface area contributed by atoms with Crippen molar-refractivity contribution in [3.8, 4) is 0 Å². The molecule has 0 aromatic rings. The number of unbranched alkanes of at least 4 members (excludes halogenated alkanes) is 26. The van der Waals surface area contributed by atoms with Crippen LogP contribution in [-0.2, 0) is 33.2 Å². The van der Waals surface area contributed by atoms with E-state index in [2.05, 4.69) is 79.9 Å². The van der Waals surface area contributed by atoms with Crippen LogP contribution in [0.5, 0.6) is 0 Å². The summed E-state index contributed by atoms with van der Waals surface area (Å²) in [4.78, 5) is 13.2. The summed E-state index contributed by atoms with van der Waals surface area (Å²) in [6.45, 7) is 1.48. The van der Waals surface area contributed by atoms with E-state index < -0.39 is 124 Å². The minimum Gasteiger partial charge on any atom is -0.394 e. The van der Waals surface area contributed by atoms with Crippen molar-refractivity contribution in [1.82, 2.24) is 5.32 Å². The fraction of sp³-hybridized carbons (Fsp3) is 0.814. The molecular weight excluding hydrogens is 1140 g/mol. The number of allylic oxidation sites excluding steroid dienone is 11. The number of nitrogens with one attached hydrogen (secondary N) is 1. The van der Waals surface area contributed by atoms with Gasteiger partial charge in [0.05, 0.1) is 38.6 Å². The van der Waals surface area contributed by atoms with Gasteiger partial charge in [-0.05, 0) is 64.2 Å². The Hall–Kier alpha value is -2.77. The number of hydrogen-bond donors (Lipinski definition) is 12. The topological polar surface area (TPSA) is 307 Å². The second kappa shape index (κ2) is 51.6. The molecular formula is C70H123NO18. The Balaban J connectivity index is 1.22. The lowest BCUT2D eigenvalue weighted by Crippen LogP contribution is -2.66. The predicted octanol–water partition coefficient (Wildman–Crippen LogP) is 8.94. The van der Waals surface area contributed by atoms with Gasteiger partial charge < -0.3 is 89.9 Å². The van der Waals surface area contributed by atoms with Gasteiger partial charge in [-0.15, -0.1) is 0 Å². The maximum absolute atomic E-state index is 13.2. The summed E-state index contributed by atoms with van der Waals surface area (Å²) in [6.07, 6.45) is 38.6. The van der Waals surface area contributed by atoms with E-state index in [1.54, 1.807) is 6.08 Å². The van der Waals surface area contributed by atoms with Gasteiger partial charge in [-0.25, -0.2) is 0 Å². The van der Waals surface area contributed by atoms with Crippen LogP contribution in [0.3, 0.4) is 0 Å². The van der Waals surface area contributed by atoms with Crippen molar-refractivity contribution in [3.63, 3.8) is 0 Å². The highest BCUT2D eigenvalue weighted by Crippen LogP contribution is 2.33. The molecule has 12 N–H and O–H groups in total. The first-order chi connectivity index (χ1) is 43.3. The number of aliphatic hydroxyl groups is 11. The molecule has 3 saturated heterocycles. The summed E-state index contributed by atoms with van der Waals surface area (Å²) in [7, 11) is 0. The Morgan fingerprint density at radius 2 is 0.775 bits per heavy atom. The molecule has 0 spiro atoms. The van der Waals surface area contributed by atoms with Gasteiger partial charge in [0, 0.05) is 6.42 Å². The monoisotopic (exact) mass is 1270 g/mol. The Morgan fingerprint density at radius 1 is 0.416 bits per heavy atom. The number of rotatable bonds is 52. The van der Waals surface area contributed by atoms with Gasteiger partial charge in [0.25, 0.3) is 0 Å². The zero-order valence-electron chi connectivity index (χ0n) is 54.4. The van der Waals surface area contributed by atoms with E-state index in [9.17, 15) is 61.0 Å². The number of carbonyl (C=O) groups is 1. The van der Waals surface area contributed by atoms with Crippen LogP contribution in [0.1, 0.15) is 232 Å². The first-order valence-corrected chi connectivity index (χ1v) is 34.7. The van der Waals surface area contributed by atoms with Gasteiger partial charge in [-0.2, -0.15) is 0 Å². The third-order valence-corrected chi connectivity index (χ3v) is 17.0. The minimum absolute atomic E-state index is 0.243. The molecule has 1 amide bonds. The average Bonchev–Trinajstić information content (AvgIpc) is 2.72. The zero-order valence-corrected chi connectivity index (χ0v) is 54.4. The van der Waals surface area contributed by atoms with Crippen molar-refractivity contribution < 1.29 is 89.4 Å². The summed E-state index contributed by atoms with van der Waals surface area (Å²) in [5.41, 5.74) is 0. The van der Waals surface area contributed by atoms with Crippen LogP contribution in [0, 0.1) is 0 Å². The summed E-state index contributed by atoms with van der Waals surface area (Å²) in [5.74, 6) is -0.282. The maximum atomic E-state index is 13.2. The van der Waals surface area contributed by atoms with Gasteiger partial charge >= 0.3 is 0 Å². The van der Waals surface area contributed by atoms with E-state index in [1.807, 2.05) is 6.08 Å². The van der Waals surface area contributed by atoms with Crippen molar-refractivity contribution in [2.45, 2.75) is 336 Å². The number of carbonyl (C=O) groups excluding carboxylic acids is 1. The fourth-order valence-electron chi connectivity index (χ4n) is 11.4. The Labute approximate surface area is 534 Å². The number of ether oxygens (including phenoxy) is 6. The number of hydrogen-bond acceptors (Lipinski definition) is 18. The Morgan fingerprint density at radius 3 is 1.21 bits per heavy atom. The van der Waals surface area contributed by atoms with E-state index in [1.165, 1.54) is 128 Å². The average molecular weight is 1270 g/mol. The van der Waals surface area contributed by atoms with Gasteiger partial charge in [0.1, 0.15) is 73.2 Å². The summed E-state index contributed by atoms with van der Waals surface area (Å²) >= 11 is 0. The van der Waals surface area contributed by atoms with Crippen molar-refractivity contribution >= 4 is 5.91 Å². The molecule has 17 unspecified atom stereocenters. The molecule has 0 saturated carbocycles. The van der Waals surface area contributed by atoms with Crippen LogP contribution in [0.25, 0.3) is 0 Å². The molecule has 0 aromatic carbocycles. The highest BCUT2D eigenvalue weighted by molar-refractivity contribution is 5.76. The molecule has 516 valence electrons. The molecule has 3 fully saturated rings. The van der Waals surface area contributed by atoms with Crippen LogP contribution in [-0.4, -0.2) is 193 Å². The van der Waals surface area contributed by atoms with Crippen LogP contribution < -0.4 is 5.32 Å². The van der Waals surface area contributed by atoms with Crippen LogP contribution in [0.4, 0.5) is 0 Å². The molecule has 0 bridgehead atoms. The lowest BCUT2D eigenvalue weighted by molar-refractivity contribution is -0.379. The first-order valence-electron chi connectivity index (χ1n) is 34.7. The minimum atomic E-state index is -1.98. The van der Waals surface area contributed by atoms with Crippen LogP contribution >= 0.6 is 0 Å². The highest BCUT2D eigenvalue weighted by Gasteiger charge is 2.53. The van der Waals surface area contributed by atoms with Gasteiger partial charge in [-0.3, -0.25) is 4.79 Å². The van der Waals surface area contributed by atoms with Gasteiger partial charge in [0.15, 0.2) is 18.9 Å². The summed E-state index contributed by atoms with van der Waals surface area (Å²) in [6, 6.07) is -0.969. The van der Waals surface area contributed by atoms with E-state index >= 15 is 0 Å². The van der Waals surface area contributed by atoms with Crippen molar-refractivity contribution in [2.24, 2.45) is 0 Å². The fourth-order valence-corrected chi connectivity index (χ4v) is 11.4. The predicted molar refractivity (Wildman–Crippen MR) is 346 cm³/mol. The summed E-state index contributed by atoms with van der Waals surface area (Å²) in [5, 5.41) is 120. The molecule has 3 aliphatic rings. The van der Waals surface area contributed by atoms with Gasteiger partial charge in [-0.1, -0.05) is 234 Å². The number of aliphatic hydroxyl groups excluding tert-OH is 11. The standard InChI is InChI=1S/C70H123NO18/c1-3-5-7-9-10-11-12-13-14-15-16-17-18-19-20-21-22-23-24-25-26-27-28-29-30-31-32-33-34-35-36-37-38-39-40-41-42-44-46-48-58(76)71-53(54(75)47-45-43-8-6-4-2)52-84-68-64(82)61(79)66(56(50-73)86-68)89-70-65(83)62(80)67(57(51-74)87-70)88-69-63(81)60(78)59(77)55(49-72)85-69/h5,7,10-11,13-14,16-17,19-20,45,47,53-57,59-70,72-75,77-83H,3-4,6,8-9,12,15,18,21-44,46,48-52H2,1-2H3,(H,71,76)/b7-5-,11-10-,14-13-,17-16-,20-19-,47-45+. The lowest BCUT2D eigenvalue weighted by Gasteiger charge is -2.48. The third-order valence-electron chi connectivity index (χ3n) is 17.0. The van der Waals surface area contributed by atoms with Crippen LogP contribution in [0.2, 0.25) is 0 Å². The quantitative estimate of drug-likeness (QED) is 0.0200. The van der Waals surface area contributed by atoms with Gasteiger partial charge in [0.2, 0.25) is 5.91 Å². The molecule has 0 radical (unpaired) electrons. The SMILES string of the molecule is CC/C=C\C/C=C\C/C=C\C/C=C\C/C=C\CCCCCCCCCCCCCCCCCCCCCCCCCC(=O)NC(COC1OC(CO)C(OC2OC(CO)C(OC3OC(CO)C(O)C(O)C3O)C(O)C2O)C(O)C1O)C(O)/C=C/CCCCC. The third kappa shape index (κ3) is 33.8. The molecule has 19 heteroatoms.